The number of hydrogen-bond acceptors (Lipinski definition) is 6. The van der Waals surface area contributed by atoms with E-state index in [2.05, 4.69) is 10.3 Å². The Morgan fingerprint density at radius 1 is 1.19 bits per heavy atom. The fourth-order valence-corrected chi connectivity index (χ4v) is 3.28. The molecule has 31 heavy (non-hydrogen) atoms. The Morgan fingerprint density at radius 3 is 2.58 bits per heavy atom. The van der Waals surface area contributed by atoms with Crippen LogP contribution in [0.3, 0.4) is 0 Å². The van der Waals surface area contributed by atoms with Crippen LogP contribution in [-0.2, 0) is 4.79 Å². The lowest BCUT2D eigenvalue weighted by Gasteiger charge is -2.16. The molecular formula is C22H24FN5O3. The Hall–Kier alpha value is -4.01. The zero-order chi connectivity index (χ0) is 22.9. The van der Waals surface area contributed by atoms with Gasteiger partial charge in [0.05, 0.1) is 23.2 Å². The summed E-state index contributed by atoms with van der Waals surface area (Å²) in [4.78, 5) is 42.3. The average Bonchev–Trinajstić information content (AvgIpc) is 2.94. The van der Waals surface area contributed by atoms with E-state index < -0.39 is 29.5 Å². The summed E-state index contributed by atoms with van der Waals surface area (Å²) in [5.41, 5.74) is 14.0. The molecule has 0 unspecified atom stereocenters. The first-order valence-electron chi connectivity index (χ1n) is 9.41. The summed E-state index contributed by atoms with van der Waals surface area (Å²) in [6, 6.07) is 4.57. The van der Waals surface area contributed by atoms with Crippen molar-refractivity contribution in [2.45, 2.75) is 19.8 Å². The van der Waals surface area contributed by atoms with Gasteiger partial charge in [-0.1, -0.05) is 6.07 Å². The van der Waals surface area contributed by atoms with Gasteiger partial charge in [-0.25, -0.2) is 4.39 Å². The largest absolute Gasteiger partial charge is 0.398 e. The molecule has 1 atom stereocenters. The third kappa shape index (κ3) is 4.30. The Kier molecular flexibility index (Phi) is 5.87. The number of nitrogens with one attached hydrogen (secondary N) is 1. The number of carbonyl (C=O) groups excluding carboxylic acids is 3. The van der Waals surface area contributed by atoms with Crippen LogP contribution in [0.4, 0.5) is 4.39 Å². The van der Waals surface area contributed by atoms with E-state index in [9.17, 15) is 18.8 Å². The number of benzene rings is 1. The van der Waals surface area contributed by atoms with E-state index in [1.165, 1.54) is 31.5 Å². The predicted octanol–water partition coefficient (Wildman–Crippen LogP) is 2.02. The maximum absolute atomic E-state index is 13.3. The molecular weight excluding hydrogens is 401 g/mol. The highest BCUT2D eigenvalue weighted by Crippen LogP contribution is 2.31. The minimum atomic E-state index is -0.752. The van der Waals surface area contributed by atoms with Crippen molar-refractivity contribution >= 4 is 23.4 Å². The Bertz CT molecular complexity index is 1160. The summed E-state index contributed by atoms with van der Waals surface area (Å²) in [5, 5.41) is 2.54. The zero-order valence-corrected chi connectivity index (χ0v) is 17.3. The van der Waals surface area contributed by atoms with Crippen molar-refractivity contribution in [2.75, 3.05) is 7.05 Å². The lowest BCUT2D eigenvalue weighted by atomic mass is 9.90. The minimum absolute atomic E-state index is 0. The van der Waals surface area contributed by atoms with Crippen LogP contribution in [0, 0.1) is 12.7 Å². The van der Waals surface area contributed by atoms with Gasteiger partial charge in [-0.3, -0.25) is 24.3 Å². The number of fused-ring (bicyclic) bond motifs is 1. The van der Waals surface area contributed by atoms with Gasteiger partial charge in [0.2, 0.25) is 5.91 Å². The lowest BCUT2D eigenvalue weighted by molar-refractivity contribution is -0.121. The smallest absolute Gasteiger partial charge is 0.261 e. The van der Waals surface area contributed by atoms with E-state index in [-0.39, 0.29) is 24.1 Å². The van der Waals surface area contributed by atoms with E-state index >= 15 is 0 Å². The van der Waals surface area contributed by atoms with Gasteiger partial charge in [0.15, 0.2) is 0 Å². The maximum atomic E-state index is 13.3. The quantitative estimate of drug-likeness (QED) is 0.496. The van der Waals surface area contributed by atoms with Crippen LogP contribution in [0.25, 0.3) is 5.70 Å². The van der Waals surface area contributed by atoms with Crippen LogP contribution < -0.4 is 16.8 Å². The summed E-state index contributed by atoms with van der Waals surface area (Å²) < 4.78 is 13.3. The number of nitrogens with zero attached hydrogens (tertiary/aromatic N) is 2. The molecule has 2 aromatic rings. The van der Waals surface area contributed by atoms with Gasteiger partial charge in [0, 0.05) is 25.9 Å². The summed E-state index contributed by atoms with van der Waals surface area (Å²) in [5.74, 6) is -2.58. The van der Waals surface area contributed by atoms with Gasteiger partial charge in [0.1, 0.15) is 11.6 Å². The van der Waals surface area contributed by atoms with Crippen LogP contribution in [0.15, 0.2) is 48.6 Å². The second kappa shape index (κ2) is 8.39. The second-order valence-corrected chi connectivity index (χ2v) is 7.29. The van der Waals surface area contributed by atoms with Crippen molar-refractivity contribution < 1.29 is 20.2 Å². The number of allylic oxidation sites excluding steroid dienone is 2. The van der Waals surface area contributed by atoms with Crippen molar-refractivity contribution in [2.24, 2.45) is 11.5 Å². The SMILES string of the molecule is Cc1cc2c(c([C@H](C)C(=O)N/C(N)=C/C=C(\N)c3cncc(F)c3)c1)C(=O)N(C)C2=O.[HH]. The molecule has 5 N–H and O–H groups in total. The fourth-order valence-electron chi connectivity index (χ4n) is 3.28. The van der Waals surface area contributed by atoms with Crippen LogP contribution in [-0.4, -0.2) is 34.7 Å². The molecule has 1 aromatic carbocycles. The molecule has 3 amide bonds. The number of pyridine rings is 1. The van der Waals surface area contributed by atoms with Crippen LogP contribution in [0.5, 0.6) is 0 Å². The molecule has 0 saturated carbocycles. The first-order chi connectivity index (χ1) is 14.6. The van der Waals surface area contributed by atoms with Gasteiger partial charge in [0.25, 0.3) is 11.8 Å². The third-order valence-electron chi connectivity index (χ3n) is 4.97. The molecule has 1 aliphatic rings. The molecule has 8 nitrogen and oxygen atoms in total. The summed E-state index contributed by atoms with van der Waals surface area (Å²) in [7, 11) is 1.40. The number of aryl methyl sites for hydroxylation is 1. The van der Waals surface area contributed by atoms with Crippen molar-refractivity contribution in [3.63, 3.8) is 0 Å². The molecule has 9 heteroatoms. The van der Waals surface area contributed by atoms with E-state index in [0.29, 0.717) is 11.1 Å². The number of imide groups is 1. The topological polar surface area (TPSA) is 131 Å². The number of halogens is 1. The van der Waals surface area contributed by atoms with Crippen LogP contribution in [0.2, 0.25) is 0 Å². The standard InChI is InChI=1S/C22H22FN5O3.H2/c1-11-6-15(19-16(7-11)21(30)28(3)22(19)31)12(2)20(29)27-18(25)5-4-17(24)13-8-14(23)10-26-9-13;/h4-10,12H,24-25H2,1-3H3,(H,27,29);1H/b17-4-,18-5+;/t12-;/m0./s1. The molecule has 1 aliphatic heterocycles. The van der Waals surface area contributed by atoms with Crippen molar-refractivity contribution in [1.29, 1.82) is 0 Å². The fraction of sp³-hybridized carbons (Fsp3) is 0.182. The Balaban J connectivity index is 0.00000363. The van der Waals surface area contributed by atoms with Gasteiger partial charge in [-0.2, -0.15) is 0 Å². The van der Waals surface area contributed by atoms with Gasteiger partial charge in [-0.05, 0) is 49.3 Å². The number of aromatic nitrogens is 1. The Labute approximate surface area is 179 Å². The zero-order valence-electron chi connectivity index (χ0n) is 17.3. The highest BCUT2D eigenvalue weighted by atomic mass is 19.1. The van der Waals surface area contributed by atoms with E-state index in [1.54, 1.807) is 26.0 Å². The summed E-state index contributed by atoms with van der Waals surface area (Å²) in [6.45, 7) is 3.41. The second-order valence-electron chi connectivity index (χ2n) is 7.29. The number of hydrogen-bond donors (Lipinski definition) is 3. The molecule has 0 saturated heterocycles. The van der Waals surface area contributed by atoms with Crippen molar-refractivity contribution in [3.05, 3.63) is 82.2 Å². The summed E-state index contributed by atoms with van der Waals surface area (Å²) in [6.07, 6.45) is 5.24. The van der Waals surface area contributed by atoms with Crippen LogP contribution in [0.1, 0.15) is 51.7 Å². The molecule has 0 spiro atoms. The predicted molar refractivity (Wildman–Crippen MR) is 115 cm³/mol. The molecule has 0 bridgehead atoms. The number of carbonyl (C=O) groups is 3. The Morgan fingerprint density at radius 2 is 1.90 bits per heavy atom. The van der Waals surface area contributed by atoms with Crippen molar-refractivity contribution in [1.82, 2.24) is 15.2 Å². The molecule has 1 aromatic heterocycles. The van der Waals surface area contributed by atoms with Gasteiger partial charge in [-0.15, -0.1) is 0 Å². The number of amides is 3. The normalized spacial score (nSPS) is 15.2. The maximum Gasteiger partial charge on any atom is 0.261 e. The first kappa shape index (κ1) is 21.7. The van der Waals surface area contributed by atoms with E-state index in [4.69, 9.17) is 11.5 Å². The van der Waals surface area contributed by atoms with E-state index in [0.717, 1.165) is 16.7 Å². The van der Waals surface area contributed by atoms with E-state index in [1.807, 2.05) is 0 Å². The lowest BCUT2D eigenvalue weighted by Crippen LogP contribution is -2.32. The van der Waals surface area contributed by atoms with Gasteiger partial charge < -0.3 is 16.8 Å². The molecule has 3 rings (SSSR count). The first-order valence-corrected chi connectivity index (χ1v) is 9.41. The van der Waals surface area contributed by atoms with Gasteiger partial charge >= 0.3 is 0 Å². The average molecular weight is 425 g/mol. The monoisotopic (exact) mass is 425 g/mol. The molecule has 0 aliphatic carbocycles. The summed E-state index contributed by atoms with van der Waals surface area (Å²) >= 11 is 0. The minimum Gasteiger partial charge on any atom is -0.398 e. The molecule has 162 valence electrons. The highest BCUT2D eigenvalue weighted by Gasteiger charge is 2.37. The van der Waals surface area contributed by atoms with Crippen molar-refractivity contribution in [3.8, 4) is 0 Å². The molecule has 0 fully saturated rings. The highest BCUT2D eigenvalue weighted by molar-refractivity contribution is 6.22. The third-order valence-corrected chi connectivity index (χ3v) is 4.97. The number of nitrogens with two attached hydrogens (primary N) is 2. The number of rotatable bonds is 5. The molecule has 0 radical (unpaired) electrons. The van der Waals surface area contributed by atoms with Crippen LogP contribution >= 0.6 is 0 Å². The molecule has 2 heterocycles.